The molecule has 0 saturated carbocycles. The van der Waals surface area contributed by atoms with Crippen molar-refractivity contribution in [1.82, 2.24) is 4.90 Å². The van der Waals surface area contributed by atoms with Crippen LogP contribution in [0.3, 0.4) is 0 Å². The lowest BCUT2D eigenvalue weighted by Crippen LogP contribution is -2.41. The number of hydrogen-bond acceptors (Lipinski definition) is 3. The molecule has 0 aliphatic rings. The Morgan fingerprint density at radius 1 is 1.47 bits per heavy atom. The van der Waals surface area contributed by atoms with Gasteiger partial charge in [0, 0.05) is 19.7 Å². The Balaban J connectivity index is 4.41. The zero-order valence-corrected chi connectivity index (χ0v) is 9.82. The van der Waals surface area contributed by atoms with Gasteiger partial charge in [0.2, 0.25) is 5.91 Å². The Morgan fingerprint density at radius 3 is 2.47 bits per heavy atom. The molecule has 0 rings (SSSR count). The molecular weight excluding hydrogens is 192 g/mol. The molecule has 0 spiro atoms. The van der Waals surface area contributed by atoms with Crippen molar-refractivity contribution >= 4 is 5.91 Å². The highest BCUT2D eigenvalue weighted by Gasteiger charge is 2.19. The van der Waals surface area contributed by atoms with Crippen LogP contribution in [-0.4, -0.2) is 37.1 Å². The summed E-state index contributed by atoms with van der Waals surface area (Å²) in [6.07, 6.45) is 1.79. The highest BCUT2D eigenvalue weighted by atomic mass is 16.5. The molecule has 4 nitrogen and oxygen atoms in total. The van der Waals surface area contributed by atoms with Crippen molar-refractivity contribution in [3.63, 3.8) is 0 Å². The van der Waals surface area contributed by atoms with Gasteiger partial charge in [-0.3, -0.25) is 4.79 Å². The molecule has 0 aromatic heterocycles. The maximum Gasteiger partial charge on any atom is 0.237 e. The Kier molecular flexibility index (Phi) is 7.65. The van der Waals surface area contributed by atoms with Crippen LogP contribution in [0.25, 0.3) is 0 Å². The predicted molar refractivity (Wildman–Crippen MR) is 58.2 cm³/mol. The van der Waals surface area contributed by atoms with Crippen LogP contribution in [0.15, 0.2) is 0 Å². The standard InChI is InChI=1S/C11H20N2O2/c1-4-10(5-2)13(8-9-15-3)11(14)6-7-12/h10H,4-6,8-9H2,1-3H3. The van der Waals surface area contributed by atoms with Crippen LogP contribution in [0.1, 0.15) is 33.1 Å². The van der Waals surface area contributed by atoms with Gasteiger partial charge in [0.25, 0.3) is 0 Å². The van der Waals surface area contributed by atoms with E-state index in [9.17, 15) is 4.79 Å². The average molecular weight is 212 g/mol. The van der Waals surface area contributed by atoms with Crippen molar-refractivity contribution in [2.75, 3.05) is 20.3 Å². The lowest BCUT2D eigenvalue weighted by molar-refractivity contribution is -0.133. The molecule has 0 fully saturated rings. The Morgan fingerprint density at radius 2 is 2.07 bits per heavy atom. The van der Waals surface area contributed by atoms with E-state index in [0.717, 1.165) is 12.8 Å². The predicted octanol–water partition coefficient (Wildman–Crippen LogP) is 1.56. The van der Waals surface area contributed by atoms with Crippen LogP contribution < -0.4 is 0 Å². The first-order valence-electron chi connectivity index (χ1n) is 5.36. The van der Waals surface area contributed by atoms with Gasteiger partial charge in [0.05, 0.1) is 12.7 Å². The lowest BCUT2D eigenvalue weighted by Gasteiger charge is -2.29. The molecular formula is C11H20N2O2. The van der Waals surface area contributed by atoms with E-state index in [4.69, 9.17) is 10.00 Å². The molecule has 0 unspecified atom stereocenters. The lowest BCUT2D eigenvalue weighted by atomic mass is 10.1. The third kappa shape index (κ3) is 4.80. The second-order valence-electron chi connectivity index (χ2n) is 3.39. The fourth-order valence-electron chi connectivity index (χ4n) is 1.60. The Labute approximate surface area is 91.8 Å². The highest BCUT2D eigenvalue weighted by Crippen LogP contribution is 2.09. The maximum absolute atomic E-state index is 11.7. The fraction of sp³-hybridized carbons (Fsp3) is 0.818. The zero-order chi connectivity index (χ0) is 11.7. The van der Waals surface area contributed by atoms with Crippen LogP contribution in [-0.2, 0) is 9.53 Å². The SMILES string of the molecule is CCC(CC)N(CCOC)C(=O)CC#N. The summed E-state index contributed by atoms with van der Waals surface area (Å²) < 4.78 is 4.96. The van der Waals surface area contributed by atoms with Gasteiger partial charge in [-0.05, 0) is 12.8 Å². The molecule has 0 N–H and O–H groups in total. The van der Waals surface area contributed by atoms with Crippen LogP contribution >= 0.6 is 0 Å². The number of nitriles is 1. The first kappa shape index (κ1) is 13.9. The van der Waals surface area contributed by atoms with Crippen molar-refractivity contribution in [3.8, 4) is 6.07 Å². The summed E-state index contributed by atoms with van der Waals surface area (Å²) in [5.41, 5.74) is 0. The molecule has 0 saturated heterocycles. The zero-order valence-electron chi connectivity index (χ0n) is 9.82. The third-order valence-corrected chi connectivity index (χ3v) is 2.47. The summed E-state index contributed by atoms with van der Waals surface area (Å²) in [4.78, 5) is 13.4. The van der Waals surface area contributed by atoms with Crippen LogP contribution in [0, 0.1) is 11.3 Å². The van der Waals surface area contributed by atoms with E-state index in [0.29, 0.717) is 13.2 Å². The van der Waals surface area contributed by atoms with Crippen molar-refractivity contribution in [2.24, 2.45) is 0 Å². The van der Waals surface area contributed by atoms with Crippen LogP contribution in [0.2, 0.25) is 0 Å². The molecule has 4 heteroatoms. The number of ether oxygens (including phenoxy) is 1. The molecule has 86 valence electrons. The van der Waals surface area contributed by atoms with E-state index in [1.165, 1.54) is 0 Å². The Bertz CT molecular complexity index is 219. The number of rotatable bonds is 7. The monoisotopic (exact) mass is 212 g/mol. The average Bonchev–Trinajstić information content (AvgIpc) is 2.24. The van der Waals surface area contributed by atoms with Crippen molar-refractivity contribution in [3.05, 3.63) is 0 Å². The minimum Gasteiger partial charge on any atom is -0.383 e. The number of hydrogen-bond donors (Lipinski definition) is 0. The number of carbonyl (C=O) groups excluding carboxylic acids is 1. The van der Waals surface area contributed by atoms with Gasteiger partial charge in [-0.1, -0.05) is 13.8 Å². The first-order valence-corrected chi connectivity index (χ1v) is 5.36. The molecule has 0 aromatic rings. The molecule has 0 aromatic carbocycles. The van der Waals surface area contributed by atoms with E-state index in [1.807, 2.05) is 19.9 Å². The number of nitrogens with zero attached hydrogens (tertiary/aromatic N) is 2. The van der Waals surface area contributed by atoms with Gasteiger partial charge in [-0.15, -0.1) is 0 Å². The van der Waals surface area contributed by atoms with Gasteiger partial charge in [0.15, 0.2) is 0 Å². The van der Waals surface area contributed by atoms with Crippen molar-refractivity contribution < 1.29 is 9.53 Å². The van der Waals surface area contributed by atoms with E-state index in [1.54, 1.807) is 12.0 Å². The van der Waals surface area contributed by atoms with Crippen molar-refractivity contribution in [1.29, 1.82) is 5.26 Å². The van der Waals surface area contributed by atoms with Crippen molar-refractivity contribution in [2.45, 2.75) is 39.2 Å². The molecule has 15 heavy (non-hydrogen) atoms. The number of carbonyl (C=O) groups is 1. The van der Waals surface area contributed by atoms with Gasteiger partial charge < -0.3 is 9.64 Å². The summed E-state index contributed by atoms with van der Waals surface area (Å²) in [6.45, 7) is 5.19. The van der Waals surface area contributed by atoms with Gasteiger partial charge in [0.1, 0.15) is 6.42 Å². The van der Waals surface area contributed by atoms with Crippen LogP contribution in [0.4, 0.5) is 0 Å². The van der Waals surface area contributed by atoms with E-state index < -0.39 is 0 Å². The second kappa shape index (κ2) is 8.25. The normalized spacial score (nSPS) is 10.1. The van der Waals surface area contributed by atoms with Gasteiger partial charge >= 0.3 is 0 Å². The number of methoxy groups -OCH3 is 1. The summed E-state index contributed by atoms with van der Waals surface area (Å²) in [5, 5.41) is 8.51. The third-order valence-electron chi connectivity index (χ3n) is 2.47. The first-order chi connectivity index (χ1) is 7.21. The molecule has 0 aliphatic carbocycles. The molecule has 0 heterocycles. The molecule has 0 radical (unpaired) electrons. The Hall–Kier alpha value is -1.08. The second-order valence-corrected chi connectivity index (χ2v) is 3.39. The molecule has 0 atom stereocenters. The summed E-state index contributed by atoms with van der Waals surface area (Å²) in [5.74, 6) is -0.0942. The largest absolute Gasteiger partial charge is 0.383 e. The minimum atomic E-state index is -0.0942. The minimum absolute atomic E-state index is 0.0415. The van der Waals surface area contributed by atoms with E-state index >= 15 is 0 Å². The molecule has 1 amide bonds. The number of amides is 1. The van der Waals surface area contributed by atoms with E-state index in [2.05, 4.69) is 0 Å². The van der Waals surface area contributed by atoms with Gasteiger partial charge in [-0.2, -0.15) is 5.26 Å². The summed E-state index contributed by atoms with van der Waals surface area (Å²) in [6, 6.07) is 2.12. The molecule has 0 bridgehead atoms. The topological polar surface area (TPSA) is 53.3 Å². The van der Waals surface area contributed by atoms with E-state index in [-0.39, 0.29) is 18.4 Å². The van der Waals surface area contributed by atoms with Gasteiger partial charge in [-0.25, -0.2) is 0 Å². The van der Waals surface area contributed by atoms with Crippen LogP contribution in [0.5, 0.6) is 0 Å². The molecule has 0 aliphatic heterocycles. The smallest absolute Gasteiger partial charge is 0.237 e. The summed E-state index contributed by atoms with van der Waals surface area (Å²) in [7, 11) is 1.61. The maximum atomic E-state index is 11.7. The quantitative estimate of drug-likeness (QED) is 0.643. The summed E-state index contributed by atoms with van der Waals surface area (Å²) >= 11 is 0. The fourth-order valence-corrected chi connectivity index (χ4v) is 1.60. The highest BCUT2D eigenvalue weighted by molar-refractivity contribution is 5.78.